The number of nitrogens with two attached hydrogens (primary N) is 1. The third kappa shape index (κ3) is 11.0. The fraction of sp³-hybridized carbons (Fsp3) is 0.333. The van der Waals surface area contributed by atoms with Gasteiger partial charge in [0.25, 0.3) is 0 Å². The summed E-state index contributed by atoms with van der Waals surface area (Å²) in [6.45, 7) is 4.00. The average Bonchev–Trinajstić information content (AvgIpc) is 2.30. The minimum absolute atomic E-state index is 0.545. The molecule has 0 aliphatic heterocycles. The number of rotatable bonds is 2. The number of ether oxygens (including phenoxy) is 1. The Bertz CT molecular complexity index is 427. The van der Waals surface area contributed by atoms with E-state index in [0.717, 1.165) is 0 Å². The van der Waals surface area contributed by atoms with E-state index in [1.54, 1.807) is 18.2 Å². The Kier molecular flexibility index (Phi) is 9.90. The van der Waals surface area contributed by atoms with Gasteiger partial charge in [0, 0.05) is 16.5 Å². The Morgan fingerprint density at radius 1 is 1.33 bits per heavy atom. The van der Waals surface area contributed by atoms with Crippen LogP contribution in [0, 0.1) is 0 Å². The maximum absolute atomic E-state index is 8.52. The Labute approximate surface area is 106 Å². The summed E-state index contributed by atoms with van der Waals surface area (Å²) in [5.74, 6) is 0.545. The lowest BCUT2D eigenvalue weighted by molar-refractivity contribution is 0.352. The van der Waals surface area contributed by atoms with Crippen molar-refractivity contribution in [3.05, 3.63) is 18.2 Å². The van der Waals surface area contributed by atoms with Crippen molar-refractivity contribution in [2.24, 2.45) is 0 Å². The van der Waals surface area contributed by atoms with Crippen molar-refractivity contribution < 1.29 is 27.5 Å². The highest BCUT2D eigenvalue weighted by atomic mass is 32.3. The number of anilines is 2. The van der Waals surface area contributed by atoms with E-state index >= 15 is 0 Å². The van der Waals surface area contributed by atoms with Crippen LogP contribution in [0.25, 0.3) is 0 Å². The Balaban J connectivity index is 0. The molecule has 0 amide bonds. The van der Waals surface area contributed by atoms with Crippen molar-refractivity contribution >= 4 is 21.8 Å². The van der Waals surface area contributed by atoms with Crippen LogP contribution in [0.4, 0.5) is 11.4 Å². The zero-order valence-electron chi connectivity index (χ0n) is 10.2. The lowest BCUT2D eigenvalue weighted by atomic mass is 10.2. The van der Waals surface area contributed by atoms with Crippen molar-refractivity contribution in [1.29, 1.82) is 0 Å². The molecule has 0 atom stereocenters. The molecule has 0 heterocycles. The molecule has 0 saturated carbocycles. The van der Waals surface area contributed by atoms with Gasteiger partial charge < -0.3 is 19.6 Å². The molecule has 0 unspecified atom stereocenters. The molecule has 1 aromatic rings. The molecule has 9 heteroatoms. The smallest absolute Gasteiger partial charge is 0.143 e. The van der Waals surface area contributed by atoms with Crippen molar-refractivity contribution in [2.75, 3.05) is 18.3 Å². The SMILES string of the molecule is CC.COc1cc(NO)ccc1N.O=S(=O)([O-])[O-]. The van der Waals surface area contributed by atoms with E-state index in [0.29, 0.717) is 17.1 Å². The average molecular weight is 280 g/mol. The molecule has 106 valence electrons. The zero-order chi connectivity index (χ0) is 14.8. The Morgan fingerprint density at radius 3 is 2.11 bits per heavy atom. The standard InChI is InChI=1S/C7H10N2O2.C2H6.H2O4S/c1-11-7-4-5(9-10)2-3-6(7)8;1-2;1-5(2,3)4/h2-4,9-10H,8H2,1H3;1-2H3;(H2,1,2,3,4)/p-2. The van der Waals surface area contributed by atoms with Gasteiger partial charge in [-0.05, 0) is 12.1 Å². The lowest BCUT2D eigenvalue weighted by Crippen LogP contribution is -1.94. The Morgan fingerprint density at radius 2 is 1.78 bits per heavy atom. The van der Waals surface area contributed by atoms with Crippen molar-refractivity contribution in [1.82, 2.24) is 0 Å². The highest BCUT2D eigenvalue weighted by Gasteiger charge is 1.98. The van der Waals surface area contributed by atoms with Crippen LogP contribution in [0.15, 0.2) is 18.2 Å². The van der Waals surface area contributed by atoms with E-state index in [1.807, 2.05) is 19.3 Å². The van der Waals surface area contributed by atoms with Crippen molar-refractivity contribution in [3.8, 4) is 5.75 Å². The number of hydrogen-bond donors (Lipinski definition) is 3. The van der Waals surface area contributed by atoms with Crippen LogP contribution in [0.3, 0.4) is 0 Å². The van der Waals surface area contributed by atoms with Gasteiger partial charge in [0.1, 0.15) is 5.75 Å². The topological polar surface area (TPSA) is 148 Å². The maximum Gasteiger partial charge on any atom is 0.143 e. The molecule has 8 nitrogen and oxygen atoms in total. The molecule has 0 fully saturated rings. The largest absolute Gasteiger partial charge is 0.759 e. The summed E-state index contributed by atoms with van der Waals surface area (Å²) < 4.78 is 39.0. The van der Waals surface area contributed by atoms with Gasteiger partial charge in [0.2, 0.25) is 0 Å². The van der Waals surface area contributed by atoms with Gasteiger partial charge >= 0.3 is 0 Å². The van der Waals surface area contributed by atoms with E-state index in [-0.39, 0.29) is 0 Å². The molecule has 1 rings (SSSR count). The number of methoxy groups -OCH3 is 1. The molecule has 0 saturated heterocycles. The first-order valence-electron chi connectivity index (χ1n) is 4.78. The zero-order valence-corrected chi connectivity index (χ0v) is 11.0. The van der Waals surface area contributed by atoms with Gasteiger partial charge in [0.15, 0.2) is 0 Å². The van der Waals surface area contributed by atoms with E-state index in [1.165, 1.54) is 7.11 Å². The minimum atomic E-state index is -5.17. The van der Waals surface area contributed by atoms with Gasteiger partial charge in [-0.25, -0.2) is 0 Å². The maximum atomic E-state index is 8.52. The molecule has 0 aliphatic rings. The second-order valence-corrected chi connectivity index (χ2v) is 3.29. The third-order valence-electron chi connectivity index (χ3n) is 1.36. The number of nitrogens with one attached hydrogen (secondary N) is 1. The van der Waals surface area contributed by atoms with Gasteiger partial charge in [-0.1, -0.05) is 13.8 Å². The van der Waals surface area contributed by atoms with Gasteiger partial charge in [-0.15, -0.1) is 0 Å². The van der Waals surface area contributed by atoms with Crippen LogP contribution in [0.1, 0.15) is 13.8 Å². The summed E-state index contributed by atoms with van der Waals surface area (Å²) >= 11 is 0. The quantitative estimate of drug-likeness (QED) is 0.311. The number of nitrogen functional groups attached to an aromatic ring is 1. The van der Waals surface area contributed by atoms with E-state index in [9.17, 15) is 0 Å². The van der Waals surface area contributed by atoms with Crippen LogP contribution in [-0.4, -0.2) is 29.8 Å². The molecule has 0 aromatic heterocycles. The highest BCUT2D eigenvalue weighted by Crippen LogP contribution is 2.24. The first-order chi connectivity index (χ1) is 8.27. The summed E-state index contributed by atoms with van der Waals surface area (Å²) in [4.78, 5) is 0. The molecule has 4 N–H and O–H groups in total. The fourth-order valence-electron chi connectivity index (χ4n) is 0.781. The normalized spacial score (nSPS) is 9.22. The molecule has 0 aliphatic carbocycles. The predicted octanol–water partition coefficient (Wildman–Crippen LogP) is 0.767. The van der Waals surface area contributed by atoms with Crippen LogP contribution < -0.4 is 16.0 Å². The molecule has 0 bridgehead atoms. The van der Waals surface area contributed by atoms with Gasteiger partial charge in [0.05, 0.1) is 18.5 Å². The van der Waals surface area contributed by atoms with E-state index in [2.05, 4.69) is 0 Å². The monoisotopic (exact) mass is 280 g/mol. The second kappa shape index (κ2) is 9.48. The number of benzene rings is 1. The predicted molar refractivity (Wildman–Crippen MR) is 64.6 cm³/mol. The molecule has 0 radical (unpaired) electrons. The lowest BCUT2D eigenvalue weighted by Gasteiger charge is -2.06. The third-order valence-corrected chi connectivity index (χ3v) is 1.36. The first kappa shape index (κ1) is 18.8. The van der Waals surface area contributed by atoms with Gasteiger partial charge in [-0.3, -0.25) is 19.1 Å². The summed E-state index contributed by atoms with van der Waals surface area (Å²) in [7, 11) is -3.65. The van der Waals surface area contributed by atoms with Crippen molar-refractivity contribution in [3.63, 3.8) is 0 Å². The summed E-state index contributed by atoms with van der Waals surface area (Å²) in [5, 5.41) is 8.50. The van der Waals surface area contributed by atoms with Crippen molar-refractivity contribution in [2.45, 2.75) is 13.8 Å². The van der Waals surface area contributed by atoms with Crippen LogP contribution in [0.5, 0.6) is 5.75 Å². The molecule has 0 spiro atoms. The minimum Gasteiger partial charge on any atom is -0.759 e. The van der Waals surface area contributed by atoms with E-state index in [4.69, 9.17) is 33.2 Å². The molecular weight excluding hydrogens is 264 g/mol. The summed E-state index contributed by atoms with van der Waals surface area (Å²) in [5.41, 5.74) is 8.61. The second-order valence-electron chi connectivity index (χ2n) is 2.48. The van der Waals surface area contributed by atoms with E-state index < -0.39 is 10.4 Å². The molecule has 1 aromatic carbocycles. The number of hydrogen-bond acceptors (Lipinski definition) is 8. The van der Waals surface area contributed by atoms with Crippen LogP contribution >= 0.6 is 0 Å². The molecular formula is C9H16N2O6S-2. The Hall–Kier alpha value is -1.55. The van der Waals surface area contributed by atoms with Crippen LogP contribution in [0.2, 0.25) is 0 Å². The summed E-state index contributed by atoms with van der Waals surface area (Å²) in [6.07, 6.45) is 0. The fourth-order valence-corrected chi connectivity index (χ4v) is 0.781. The van der Waals surface area contributed by atoms with Gasteiger partial charge in [-0.2, -0.15) is 0 Å². The highest BCUT2D eigenvalue weighted by molar-refractivity contribution is 7.79. The molecule has 18 heavy (non-hydrogen) atoms. The van der Waals surface area contributed by atoms with Crippen LogP contribution in [-0.2, 0) is 10.4 Å². The first-order valence-corrected chi connectivity index (χ1v) is 6.11. The summed E-state index contributed by atoms with van der Waals surface area (Å²) in [6, 6.07) is 4.91.